The third-order valence-electron chi connectivity index (χ3n) is 6.71. The number of carbonyl (C=O) groups excluding carboxylic acids is 1. The van der Waals surface area contributed by atoms with E-state index in [9.17, 15) is 9.90 Å². The molecule has 6 heteroatoms. The first-order chi connectivity index (χ1) is 19.6. The highest BCUT2D eigenvalue weighted by Gasteiger charge is 2.21. The fourth-order valence-electron chi connectivity index (χ4n) is 4.70. The lowest BCUT2D eigenvalue weighted by atomic mass is 9.90. The van der Waals surface area contributed by atoms with Gasteiger partial charge in [-0.05, 0) is 40.7 Å². The summed E-state index contributed by atoms with van der Waals surface area (Å²) in [5.41, 5.74) is 6.37. The molecule has 0 aromatic heterocycles. The van der Waals surface area contributed by atoms with Crippen LogP contribution < -0.4 is 14.8 Å². The Morgan fingerprint density at radius 2 is 1.35 bits per heavy atom. The van der Waals surface area contributed by atoms with Gasteiger partial charge in [-0.3, -0.25) is 10.1 Å². The highest BCUT2D eigenvalue weighted by molar-refractivity contribution is 5.77. The molecule has 0 amide bonds. The SMILES string of the molecule is CCc1c(OCc2ccccc2)cc(OCc2ccccc2)c(-c2ccccc2)c1CCNC(O)CC(=O)OC. The molecule has 0 aliphatic heterocycles. The van der Waals surface area contributed by atoms with Crippen molar-refractivity contribution in [1.82, 2.24) is 5.32 Å². The van der Waals surface area contributed by atoms with E-state index in [0.717, 1.165) is 51.3 Å². The van der Waals surface area contributed by atoms with E-state index in [1.54, 1.807) is 0 Å². The summed E-state index contributed by atoms with van der Waals surface area (Å²) < 4.78 is 17.6. The van der Waals surface area contributed by atoms with Crippen molar-refractivity contribution < 1.29 is 24.1 Å². The zero-order valence-electron chi connectivity index (χ0n) is 23.1. The lowest BCUT2D eigenvalue weighted by Crippen LogP contribution is -2.33. The molecule has 0 spiro atoms. The highest BCUT2D eigenvalue weighted by atomic mass is 16.5. The molecule has 0 fully saturated rings. The topological polar surface area (TPSA) is 77.0 Å². The number of aliphatic hydroxyl groups excluding tert-OH is 1. The maximum Gasteiger partial charge on any atom is 0.309 e. The Bertz CT molecular complexity index is 1340. The summed E-state index contributed by atoms with van der Waals surface area (Å²) in [5.74, 6) is 1.05. The van der Waals surface area contributed by atoms with Crippen LogP contribution in [0.2, 0.25) is 0 Å². The third kappa shape index (κ3) is 7.94. The number of nitrogens with one attached hydrogen (secondary N) is 1. The molecule has 0 aliphatic carbocycles. The summed E-state index contributed by atoms with van der Waals surface area (Å²) in [6.45, 7) is 3.42. The first-order valence-corrected chi connectivity index (χ1v) is 13.6. The number of methoxy groups -OCH3 is 1. The van der Waals surface area contributed by atoms with E-state index in [-0.39, 0.29) is 6.42 Å². The van der Waals surface area contributed by atoms with Gasteiger partial charge in [-0.2, -0.15) is 0 Å². The second-order valence-corrected chi connectivity index (χ2v) is 9.47. The maximum atomic E-state index is 11.6. The fourth-order valence-corrected chi connectivity index (χ4v) is 4.70. The summed E-state index contributed by atoms with van der Waals surface area (Å²) in [6.07, 6.45) is 0.233. The van der Waals surface area contributed by atoms with E-state index in [0.29, 0.717) is 26.2 Å². The van der Waals surface area contributed by atoms with Gasteiger partial charge in [0.25, 0.3) is 0 Å². The van der Waals surface area contributed by atoms with Gasteiger partial charge in [0.1, 0.15) is 30.9 Å². The van der Waals surface area contributed by atoms with Crippen molar-refractivity contribution in [2.75, 3.05) is 13.7 Å². The summed E-state index contributed by atoms with van der Waals surface area (Å²) >= 11 is 0. The van der Waals surface area contributed by atoms with E-state index in [1.807, 2.05) is 84.9 Å². The largest absolute Gasteiger partial charge is 0.488 e. The number of hydrogen-bond acceptors (Lipinski definition) is 6. The van der Waals surface area contributed by atoms with Crippen molar-refractivity contribution in [2.45, 2.75) is 45.6 Å². The Morgan fingerprint density at radius 3 is 1.90 bits per heavy atom. The van der Waals surface area contributed by atoms with E-state index >= 15 is 0 Å². The molecule has 0 saturated heterocycles. The number of ether oxygens (including phenoxy) is 3. The third-order valence-corrected chi connectivity index (χ3v) is 6.71. The zero-order valence-corrected chi connectivity index (χ0v) is 23.1. The van der Waals surface area contributed by atoms with Crippen molar-refractivity contribution in [2.24, 2.45) is 0 Å². The smallest absolute Gasteiger partial charge is 0.309 e. The summed E-state index contributed by atoms with van der Waals surface area (Å²) in [6, 6.07) is 32.4. The standard InChI is InChI=1S/C34H37NO5/c1-3-28-29(19-20-35-32(36)22-33(37)38-2)34(27-17-11-6-12-18-27)31(40-24-26-15-9-5-10-16-26)21-30(28)39-23-25-13-7-4-8-14-25/h4-18,21,32,35-36H,3,19-20,22-24H2,1-2H3. The van der Waals surface area contributed by atoms with E-state index < -0.39 is 12.2 Å². The molecule has 4 rings (SSSR count). The fraction of sp³-hybridized carbons (Fsp3) is 0.265. The Balaban J connectivity index is 1.72. The van der Waals surface area contributed by atoms with Gasteiger partial charge in [0.05, 0.1) is 13.5 Å². The van der Waals surface area contributed by atoms with Gasteiger partial charge in [0.15, 0.2) is 0 Å². The second-order valence-electron chi connectivity index (χ2n) is 9.47. The van der Waals surface area contributed by atoms with Crippen LogP contribution in [-0.4, -0.2) is 31.0 Å². The molecule has 4 aromatic carbocycles. The molecular weight excluding hydrogens is 502 g/mol. The minimum atomic E-state index is -0.996. The Hall–Kier alpha value is -4.13. The minimum Gasteiger partial charge on any atom is -0.488 e. The van der Waals surface area contributed by atoms with Crippen LogP contribution in [0.1, 0.15) is 35.6 Å². The minimum absolute atomic E-state index is 0.117. The lowest BCUT2D eigenvalue weighted by Gasteiger charge is -2.23. The van der Waals surface area contributed by atoms with Crippen LogP contribution in [0.25, 0.3) is 11.1 Å². The molecule has 0 heterocycles. The summed E-state index contributed by atoms with van der Waals surface area (Å²) in [4.78, 5) is 11.6. The summed E-state index contributed by atoms with van der Waals surface area (Å²) in [7, 11) is 1.31. The second kappa shape index (κ2) is 14.9. The molecule has 6 nitrogen and oxygen atoms in total. The molecule has 2 N–H and O–H groups in total. The van der Waals surface area contributed by atoms with E-state index in [1.165, 1.54) is 7.11 Å². The first-order valence-electron chi connectivity index (χ1n) is 13.6. The molecule has 208 valence electrons. The molecular formula is C34H37NO5. The van der Waals surface area contributed by atoms with Crippen molar-refractivity contribution in [3.8, 4) is 22.6 Å². The van der Waals surface area contributed by atoms with Gasteiger partial charge in [0.2, 0.25) is 0 Å². The Kier molecular flexibility index (Phi) is 10.7. The molecule has 0 bridgehead atoms. The molecule has 1 atom stereocenters. The van der Waals surface area contributed by atoms with Gasteiger partial charge in [-0.25, -0.2) is 0 Å². The van der Waals surface area contributed by atoms with Crippen molar-refractivity contribution in [1.29, 1.82) is 0 Å². The zero-order chi connectivity index (χ0) is 28.2. The number of hydrogen-bond donors (Lipinski definition) is 2. The van der Waals surface area contributed by atoms with Gasteiger partial charge >= 0.3 is 5.97 Å². The molecule has 0 saturated carbocycles. The van der Waals surface area contributed by atoms with Crippen LogP contribution in [0.4, 0.5) is 0 Å². The van der Waals surface area contributed by atoms with Crippen LogP contribution in [0.3, 0.4) is 0 Å². The normalized spacial score (nSPS) is 11.6. The van der Waals surface area contributed by atoms with Gasteiger partial charge in [0, 0.05) is 18.2 Å². The van der Waals surface area contributed by atoms with Gasteiger partial charge < -0.3 is 19.3 Å². The van der Waals surface area contributed by atoms with Crippen LogP contribution in [0.5, 0.6) is 11.5 Å². The van der Waals surface area contributed by atoms with Crippen LogP contribution in [0.15, 0.2) is 97.1 Å². The summed E-state index contributed by atoms with van der Waals surface area (Å²) in [5, 5.41) is 13.4. The van der Waals surface area contributed by atoms with E-state index in [4.69, 9.17) is 9.47 Å². The predicted octanol–water partition coefficient (Wildman–Crippen LogP) is 6.09. The van der Waals surface area contributed by atoms with Crippen molar-refractivity contribution in [3.63, 3.8) is 0 Å². The average molecular weight is 540 g/mol. The van der Waals surface area contributed by atoms with Gasteiger partial charge in [-0.15, -0.1) is 0 Å². The van der Waals surface area contributed by atoms with Crippen LogP contribution in [-0.2, 0) is 35.6 Å². The number of aliphatic hydroxyl groups is 1. The Morgan fingerprint density at radius 1 is 0.800 bits per heavy atom. The molecule has 0 aliphatic rings. The number of esters is 1. The Labute approximate surface area is 236 Å². The van der Waals surface area contributed by atoms with Crippen LogP contribution in [0, 0.1) is 0 Å². The first kappa shape index (κ1) is 28.9. The van der Waals surface area contributed by atoms with Crippen molar-refractivity contribution in [3.05, 3.63) is 119 Å². The van der Waals surface area contributed by atoms with Gasteiger partial charge in [-0.1, -0.05) is 97.9 Å². The van der Waals surface area contributed by atoms with Crippen LogP contribution >= 0.6 is 0 Å². The monoisotopic (exact) mass is 539 g/mol. The number of rotatable bonds is 14. The molecule has 40 heavy (non-hydrogen) atoms. The lowest BCUT2D eigenvalue weighted by molar-refractivity contribution is -0.143. The average Bonchev–Trinajstić information content (AvgIpc) is 3.00. The molecule has 4 aromatic rings. The predicted molar refractivity (Wildman–Crippen MR) is 157 cm³/mol. The number of benzene rings is 4. The number of carbonyl (C=O) groups is 1. The highest BCUT2D eigenvalue weighted by Crippen LogP contribution is 2.42. The molecule has 1 unspecified atom stereocenters. The van der Waals surface area contributed by atoms with Crippen molar-refractivity contribution >= 4 is 5.97 Å². The molecule has 0 radical (unpaired) electrons. The quantitative estimate of drug-likeness (QED) is 0.149. The van der Waals surface area contributed by atoms with E-state index in [2.05, 4.69) is 29.1 Å². The maximum absolute atomic E-state index is 11.6.